The molecule has 0 fully saturated rings. The second-order valence-corrected chi connectivity index (χ2v) is 4.70. The highest BCUT2D eigenvalue weighted by Crippen LogP contribution is 2.23. The first-order valence-corrected chi connectivity index (χ1v) is 7.03. The SMILES string of the molecule is NCCCC(=O)NCc1cccnc1Oc1cccc(F)c1. The number of nitrogens with two attached hydrogens (primary N) is 1. The maximum atomic E-state index is 13.2. The van der Waals surface area contributed by atoms with E-state index in [2.05, 4.69) is 10.3 Å². The molecule has 0 saturated heterocycles. The van der Waals surface area contributed by atoms with Gasteiger partial charge in [0.1, 0.15) is 11.6 Å². The van der Waals surface area contributed by atoms with Crippen molar-refractivity contribution in [3.8, 4) is 11.6 Å². The number of hydrogen-bond acceptors (Lipinski definition) is 4. The zero-order valence-electron chi connectivity index (χ0n) is 12.1. The molecule has 6 heteroatoms. The van der Waals surface area contributed by atoms with Crippen molar-refractivity contribution in [1.29, 1.82) is 0 Å². The van der Waals surface area contributed by atoms with E-state index in [4.69, 9.17) is 10.5 Å². The van der Waals surface area contributed by atoms with Gasteiger partial charge in [-0.3, -0.25) is 4.79 Å². The molecule has 0 spiro atoms. The van der Waals surface area contributed by atoms with Crippen LogP contribution in [0.15, 0.2) is 42.6 Å². The largest absolute Gasteiger partial charge is 0.439 e. The lowest BCUT2D eigenvalue weighted by atomic mass is 10.2. The third kappa shape index (κ3) is 4.82. The number of nitrogens with one attached hydrogen (secondary N) is 1. The summed E-state index contributed by atoms with van der Waals surface area (Å²) >= 11 is 0. The predicted octanol–water partition coefficient (Wildman–Crippen LogP) is 2.37. The Morgan fingerprint density at radius 2 is 2.18 bits per heavy atom. The van der Waals surface area contributed by atoms with E-state index in [1.807, 2.05) is 0 Å². The first kappa shape index (κ1) is 15.9. The number of rotatable bonds is 7. The highest BCUT2D eigenvalue weighted by Gasteiger charge is 2.08. The van der Waals surface area contributed by atoms with Crippen molar-refractivity contribution in [2.75, 3.05) is 6.54 Å². The van der Waals surface area contributed by atoms with Crippen LogP contribution in [0, 0.1) is 5.82 Å². The van der Waals surface area contributed by atoms with Crippen molar-refractivity contribution >= 4 is 5.91 Å². The molecule has 5 nitrogen and oxygen atoms in total. The monoisotopic (exact) mass is 303 g/mol. The van der Waals surface area contributed by atoms with E-state index in [0.29, 0.717) is 43.1 Å². The molecule has 1 aromatic carbocycles. The number of hydrogen-bond donors (Lipinski definition) is 2. The molecule has 0 saturated carbocycles. The highest BCUT2D eigenvalue weighted by atomic mass is 19.1. The second-order valence-electron chi connectivity index (χ2n) is 4.70. The summed E-state index contributed by atoms with van der Waals surface area (Å²) in [6.45, 7) is 0.774. The maximum absolute atomic E-state index is 13.2. The van der Waals surface area contributed by atoms with E-state index in [1.165, 1.54) is 12.1 Å². The van der Waals surface area contributed by atoms with E-state index >= 15 is 0 Å². The smallest absolute Gasteiger partial charge is 0.224 e. The minimum atomic E-state index is -0.384. The van der Waals surface area contributed by atoms with E-state index in [1.54, 1.807) is 30.5 Å². The van der Waals surface area contributed by atoms with Crippen molar-refractivity contribution in [3.63, 3.8) is 0 Å². The van der Waals surface area contributed by atoms with Gasteiger partial charge in [0.15, 0.2) is 0 Å². The topological polar surface area (TPSA) is 77.2 Å². The molecule has 1 heterocycles. The number of pyridine rings is 1. The zero-order valence-corrected chi connectivity index (χ0v) is 12.1. The molecule has 2 aromatic rings. The van der Waals surface area contributed by atoms with E-state index < -0.39 is 0 Å². The molecule has 1 amide bonds. The van der Waals surface area contributed by atoms with Crippen LogP contribution < -0.4 is 15.8 Å². The number of benzene rings is 1. The van der Waals surface area contributed by atoms with Gasteiger partial charge in [-0.25, -0.2) is 9.37 Å². The van der Waals surface area contributed by atoms with E-state index in [0.717, 1.165) is 0 Å². The van der Waals surface area contributed by atoms with Crippen LogP contribution in [0.2, 0.25) is 0 Å². The third-order valence-electron chi connectivity index (χ3n) is 2.94. The number of halogens is 1. The predicted molar refractivity (Wildman–Crippen MR) is 80.8 cm³/mol. The number of ether oxygens (including phenoxy) is 1. The fraction of sp³-hybridized carbons (Fsp3) is 0.250. The van der Waals surface area contributed by atoms with Crippen molar-refractivity contribution in [1.82, 2.24) is 10.3 Å². The highest BCUT2D eigenvalue weighted by molar-refractivity contribution is 5.75. The van der Waals surface area contributed by atoms with Gasteiger partial charge in [0.2, 0.25) is 11.8 Å². The van der Waals surface area contributed by atoms with Gasteiger partial charge in [-0.05, 0) is 31.2 Å². The summed E-state index contributed by atoms with van der Waals surface area (Å²) in [5, 5.41) is 2.78. The summed E-state index contributed by atoms with van der Waals surface area (Å²) in [5.41, 5.74) is 6.08. The Morgan fingerprint density at radius 1 is 1.32 bits per heavy atom. The molecule has 1 aromatic heterocycles. The lowest BCUT2D eigenvalue weighted by Gasteiger charge is -2.10. The molecule has 0 atom stereocenters. The van der Waals surface area contributed by atoms with Crippen LogP contribution >= 0.6 is 0 Å². The maximum Gasteiger partial charge on any atom is 0.224 e. The summed E-state index contributed by atoms with van der Waals surface area (Å²) in [7, 11) is 0. The lowest BCUT2D eigenvalue weighted by molar-refractivity contribution is -0.121. The fourth-order valence-electron chi connectivity index (χ4n) is 1.84. The average molecular weight is 303 g/mol. The number of amides is 1. The third-order valence-corrected chi connectivity index (χ3v) is 2.94. The lowest BCUT2D eigenvalue weighted by Crippen LogP contribution is -2.23. The molecule has 0 aliphatic heterocycles. The summed E-state index contributed by atoms with van der Waals surface area (Å²) in [6.07, 6.45) is 2.61. The quantitative estimate of drug-likeness (QED) is 0.823. The Hall–Kier alpha value is -2.47. The van der Waals surface area contributed by atoms with Gasteiger partial charge >= 0.3 is 0 Å². The van der Waals surface area contributed by atoms with Crippen molar-refractivity contribution in [3.05, 3.63) is 54.0 Å². The van der Waals surface area contributed by atoms with E-state index in [9.17, 15) is 9.18 Å². The molecule has 0 aliphatic rings. The first-order valence-electron chi connectivity index (χ1n) is 7.03. The Labute approximate surface area is 128 Å². The molecule has 0 unspecified atom stereocenters. The van der Waals surface area contributed by atoms with Crippen molar-refractivity contribution in [2.24, 2.45) is 5.73 Å². The van der Waals surface area contributed by atoms with E-state index in [-0.39, 0.29) is 11.7 Å². The molecule has 0 aliphatic carbocycles. The van der Waals surface area contributed by atoms with Crippen LogP contribution in [-0.2, 0) is 11.3 Å². The summed E-state index contributed by atoms with van der Waals surface area (Å²) in [6, 6.07) is 9.36. The van der Waals surface area contributed by atoms with Gasteiger partial charge in [0, 0.05) is 30.8 Å². The summed E-state index contributed by atoms with van der Waals surface area (Å²) < 4.78 is 18.8. The minimum Gasteiger partial charge on any atom is -0.439 e. The molecule has 116 valence electrons. The summed E-state index contributed by atoms with van der Waals surface area (Å²) in [5.74, 6) is 0.234. The molecule has 0 radical (unpaired) electrons. The van der Waals surface area contributed by atoms with Gasteiger partial charge in [-0.1, -0.05) is 12.1 Å². The molecular weight excluding hydrogens is 285 g/mol. The molecule has 3 N–H and O–H groups in total. The zero-order chi connectivity index (χ0) is 15.8. The number of aromatic nitrogens is 1. The molecule has 2 rings (SSSR count). The Kier molecular flexibility index (Phi) is 5.85. The van der Waals surface area contributed by atoms with Crippen molar-refractivity contribution < 1.29 is 13.9 Å². The van der Waals surface area contributed by atoms with Crippen LogP contribution in [0.4, 0.5) is 4.39 Å². The van der Waals surface area contributed by atoms with Gasteiger partial charge in [-0.2, -0.15) is 0 Å². The molecular formula is C16H18FN3O2. The van der Waals surface area contributed by atoms with Crippen molar-refractivity contribution in [2.45, 2.75) is 19.4 Å². The summed E-state index contributed by atoms with van der Waals surface area (Å²) in [4.78, 5) is 15.7. The Morgan fingerprint density at radius 3 is 2.95 bits per heavy atom. The minimum absolute atomic E-state index is 0.0778. The van der Waals surface area contributed by atoms with Crippen LogP contribution in [0.3, 0.4) is 0 Å². The van der Waals surface area contributed by atoms with Crippen LogP contribution in [0.5, 0.6) is 11.6 Å². The first-order chi connectivity index (χ1) is 10.7. The van der Waals surface area contributed by atoms with Crippen LogP contribution in [0.25, 0.3) is 0 Å². The average Bonchev–Trinajstić information content (AvgIpc) is 2.52. The standard InChI is InChI=1S/C16H18FN3O2/c17-13-5-1-6-14(10-13)22-16-12(4-3-9-19-16)11-20-15(21)7-2-8-18/h1,3-6,9-10H,2,7-8,11,18H2,(H,20,21). The van der Waals surface area contributed by atoms with Gasteiger partial charge < -0.3 is 15.8 Å². The number of carbonyl (C=O) groups is 1. The number of carbonyl (C=O) groups excluding carboxylic acids is 1. The Balaban J connectivity index is 2.02. The van der Waals surface area contributed by atoms with Crippen LogP contribution in [0.1, 0.15) is 18.4 Å². The molecule has 22 heavy (non-hydrogen) atoms. The number of nitrogens with zero attached hydrogens (tertiary/aromatic N) is 1. The van der Waals surface area contributed by atoms with Crippen LogP contribution in [-0.4, -0.2) is 17.4 Å². The normalized spacial score (nSPS) is 10.3. The van der Waals surface area contributed by atoms with Gasteiger partial charge in [0.25, 0.3) is 0 Å². The molecule has 0 bridgehead atoms. The Bertz CT molecular complexity index is 634. The van der Waals surface area contributed by atoms with Gasteiger partial charge in [-0.15, -0.1) is 0 Å². The second kappa shape index (κ2) is 8.09. The fourth-order valence-corrected chi connectivity index (χ4v) is 1.84. The van der Waals surface area contributed by atoms with Gasteiger partial charge in [0.05, 0.1) is 0 Å².